The Bertz CT molecular complexity index is 629. The molecule has 0 aliphatic heterocycles. The average molecular weight is 345 g/mol. The van der Waals surface area contributed by atoms with E-state index in [2.05, 4.69) is 32.1 Å². The van der Waals surface area contributed by atoms with Crippen molar-refractivity contribution < 1.29 is 14.6 Å². The summed E-state index contributed by atoms with van der Waals surface area (Å²) in [5.41, 5.74) is 6.72. The van der Waals surface area contributed by atoms with Crippen molar-refractivity contribution in [1.82, 2.24) is 0 Å². The third kappa shape index (κ3) is 2.44. The first-order valence-corrected chi connectivity index (χ1v) is 9.74. The fraction of sp³-hybridized carbons (Fsp3) is 0.762. The molecule has 0 amide bonds. The van der Waals surface area contributed by atoms with Gasteiger partial charge in [-0.2, -0.15) is 0 Å². The fourth-order valence-corrected chi connectivity index (χ4v) is 6.54. The van der Waals surface area contributed by atoms with E-state index in [4.69, 9.17) is 10.5 Å². The van der Waals surface area contributed by atoms with Gasteiger partial charge in [0.1, 0.15) is 6.10 Å². The van der Waals surface area contributed by atoms with Crippen LogP contribution in [0.25, 0.3) is 0 Å². The van der Waals surface area contributed by atoms with Gasteiger partial charge in [-0.05, 0) is 60.2 Å². The van der Waals surface area contributed by atoms with Gasteiger partial charge in [0.15, 0.2) is 0 Å². The molecule has 0 radical (unpaired) electrons. The molecule has 3 N–H and O–H groups in total. The molecular weight excluding hydrogens is 314 g/mol. The van der Waals surface area contributed by atoms with Crippen LogP contribution in [0.3, 0.4) is 0 Å². The largest absolute Gasteiger partial charge is 0.461 e. The topological polar surface area (TPSA) is 72.5 Å². The van der Waals surface area contributed by atoms with Crippen LogP contribution in [0.1, 0.15) is 46.5 Å². The van der Waals surface area contributed by atoms with Gasteiger partial charge in [0, 0.05) is 13.0 Å². The van der Waals surface area contributed by atoms with E-state index < -0.39 is 0 Å². The van der Waals surface area contributed by atoms with Crippen molar-refractivity contribution in [2.45, 2.75) is 64.7 Å². The number of allylic oxidation sites excluding steroid dienone is 3. The van der Waals surface area contributed by atoms with Gasteiger partial charge in [0.05, 0.1) is 6.10 Å². The quantitative estimate of drug-likeness (QED) is 0.566. The summed E-state index contributed by atoms with van der Waals surface area (Å²) < 4.78 is 5.57. The minimum Gasteiger partial charge on any atom is -0.461 e. The Morgan fingerprint density at radius 1 is 1.20 bits per heavy atom. The lowest BCUT2D eigenvalue weighted by Crippen LogP contribution is -2.53. The number of hydrogen-bond donors (Lipinski definition) is 2. The summed E-state index contributed by atoms with van der Waals surface area (Å²) in [6, 6.07) is -0.0787. The lowest BCUT2D eigenvalue weighted by Gasteiger charge is -2.56. The minimum absolute atomic E-state index is 0.0344. The zero-order valence-corrected chi connectivity index (χ0v) is 15.5. The van der Waals surface area contributed by atoms with Crippen LogP contribution >= 0.6 is 0 Å². The number of fused-ring (bicyclic) bond motifs is 5. The van der Waals surface area contributed by atoms with Crippen molar-refractivity contribution in [1.29, 1.82) is 0 Å². The molecule has 4 aliphatic carbocycles. The van der Waals surface area contributed by atoms with Gasteiger partial charge in [-0.15, -0.1) is 0 Å². The molecule has 0 aromatic heterocycles. The second-order valence-corrected chi connectivity index (χ2v) is 9.26. The van der Waals surface area contributed by atoms with Crippen molar-refractivity contribution in [2.75, 3.05) is 0 Å². The summed E-state index contributed by atoms with van der Waals surface area (Å²) in [6.07, 6.45) is 12.4. The van der Waals surface area contributed by atoms with E-state index in [1.54, 1.807) is 0 Å². The molecule has 0 bridgehead atoms. The van der Waals surface area contributed by atoms with Crippen LogP contribution in [-0.4, -0.2) is 29.3 Å². The third-order valence-corrected chi connectivity index (χ3v) is 8.07. The highest BCUT2D eigenvalue weighted by atomic mass is 16.5. The lowest BCUT2D eigenvalue weighted by molar-refractivity contribution is -0.147. The van der Waals surface area contributed by atoms with Crippen LogP contribution < -0.4 is 5.73 Å². The number of carbonyl (C=O) groups excluding carboxylic acids is 1. The first-order chi connectivity index (χ1) is 11.8. The zero-order chi connectivity index (χ0) is 18.0. The molecule has 4 rings (SSSR count). The van der Waals surface area contributed by atoms with Crippen molar-refractivity contribution in [3.05, 3.63) is 24.3 Å². The number of ether oxygens (including phenoxy) is 1. The van der Waals surface area contributed by atoms with Crippen molar-refractivity contribution in [3.8, 4) is 0 Å². The Labute approximate surface area is 150 Å². The second-order valence-electron chi connectivity index (χ2n) is 9.26. The van der Waals surface area contributed by atoms with E-state index in [1.165, 1.54) is 6.92 Å². The van der Waals surface area contributed by atoms with Crippen molar-refractivity contribution in [3.63, 3.8) is 0 Å². The number of rotatable bonds is 1. The zero-order valence-electron chi connectivity index (χ0n) is 15.5. The Kier molecular flexibility index (Phi) is 3.93. The highest BCUT2D eigenvalue weighted by Crippen LogP contribution is 2.63. The Morgan fingerprint density at radius 3 is 2.68 bits per heavy atom. The predicted molar refractivity (Wildman–Crippen MR) is 96.5 cm³/mol. The van der Waals surface area contributed by atoms with Crippen LogP contribution in [0.4, 0.5) is 0 Å². The van der Waals surface area contributed by atoms with Crippen LogP contribution in [0.2, 0.25) is 0 Å². The predicted octanol–water partition coefficient (Wildman–Crippen LogP) is 2.81. The number of hydrogen-bond acceptors (Lipinski definition) is 4. The molecule has 2 saturated carbocycles. The smallest absolute Gasteiger partial charge is 0.302 e. The standard InChI is InChI=1S/C21H31NO3/c1-12(23)25-18-11-17-15-5-4-13-10-14(24)6-8-20(13,2)16(15)7-9-21(17,3)19(18)22/h4-6,8,13-19,24H,7,9-11,22H2,1-3H3/t13?,14?,15-,16-,17+,18?,19?,20+,21+/m1/s1. The number of carbonyl (C=O) groups is 1. The monoisotopic (exact) mass is 345 g/mol. The first-order valence-electron chi connectivity index (χ1n) is 9.74. The molecule has 4 nitrogen and oxygen atoms in total. The minimum atomic E-state index is -0.318. The molecule has 2 fully saturated rings. The van der Waals surface area contributed by atoms with Crippen molar-refractivity contribution >= 4 is 5.97 Å². The molecule has 0 heterocycles. The Balaban J connectivity index is 1.66. The van der Waals surface area contributed by atoms with E-state index in [1.807, 2.05) is 6.08 Å². The number of nitrogens with two attached hydrogens (primary N) is 1. The highest BCUT2D eigenvalue weighted by Gasteiger charge is 2.60. The molecule has 0 spiro atoms. The first kappa shape index (κ1) is 17.3. The van der Waals surface area contributed by atoms with E-state index in [-0.39, 0.29) is 35.0 Å². The van der Waals surface area contributed by atoms with Gasteiger partial charge < -0.3 is 15.6 Å². The number of esters is 1. The molecule has 25 heavy (non-hydrogen) atoms. The van der Waals surface area contributed by atoms with E-state index in [0.717, 1.165) is 25.7 Å². The second kappa shape index (κ2) is 5.68. The van der Waals surface area contributed by atoms with Crippen LogP contribution in [-0.2, 0) is 9.53 Å². The molecule has 0 aromatic rings. The van der Waals surface area contributed by atoms with Crippen LogP contribution in [0, 0.1) is 34.5 Å². The summed E-state index contributed by atoms with van der Waals surface area (Å²) in [4.78, 5) is 11.5. The van der Waals surface area contributed by atoms with Gasteiger partial charge in [0.2, 0.25) is 0 Å². The van der Waals surface area contributed by atoms with Gasteiger partial charge in [-0.1, -0.05) is 38.2 Å². The molecule has 0 aromatic carbocycles. The maximum Gasteiger partial charge on any atom is 0.302 e. The Hall–Kier alpha value is -1.13. The Morgan fingerprint density at radius 2 is 1.96 bits per heavy atom. The molecule has 4 unspecified atom stereocenters. The highest BCUT2D eigenvalue weighted by molar-refractivity contribution is 5.66. The maximum atomic E-state index is 11.5. The van der Waals surface area contributed by atoms with E-state index in [0.29, 0.717) is 23.7 Å². The number of aliphatic hydroxyl groups is 1. The molecule has 9 atom stereocenters. The summed E-state index contributed by atoms with van der Waals surface area (Å²) in [5.74, 6) is 1.70. The third-order valence-electron chi connectivity index (χ3n) is 8.07. The summed E-state index contributed by atoms with van der Waals surface area (Å²) in [6.45, 7) is 6.14. The molecule has 4 aliphatic rings. The number of aliphatic hydroxyl groups excluding tert-OH is 1. The normalized spacial score (nSPS) is 53.7. The summed E-state index contributed by atoms with van der Waals surface area (Å²) in [5, 5.41) is 10.0. The van der Waals surface area contributed by atoms with E-state index in [9.17, 15) is 9.90 Å². The molecule has 138 valence electrons. The average Bonchev–Trinajstić information content (AvgIpc) is 2.79. The summed E-state index contributed by atoms with van der Waals surface area (Å²) in [7, 11) is 0. The van der Waals surface area contributed by atoms with Gasteiger partial charge >= 0.3 is 5.97 Å². The van der Waals surface area contributed by atoms with E-state index >= 15 is 0 Å². The lowest BCUT2D eigenvalue weighted by atomic mass is 9.48. The fourth-order valence-electron chi connectivity index (χ4n) is 6.54. The maximum absolute atomic E-state index is 11.5. The molecule has 4 heteroatoms. The van der Waals surface area contributed by atoms with Crippen LogP contribution in [0.5, 0.6) is 0 Å². The molecule has 0 saturated heterocycles. The van der Waals surface area contributed by atoms with Crippen molar-refractivity contribution in [2.24, 2.45) is 40.2 Å². The van der Waals surface area contributed by atoms with Gasteiger partial charge in [-0.25, -0.2) is 0 Å². The van der Waals surface area contributed by atoms with Gasteiger partial charge in [0.25, 0.3) is 0 Å². The van der Waals surface area contributed by atoms with Gasteiger partial charge in [-0.3, -0.25) is 4.79 Å². The summed E-state index contributed by atoms with van der Waals surface area (Å²) >= 11 is 0. The molecular formula is C21H31NO3. The SMILES string of the molecule is CC(=O)OC1C[C@H]2[C@@H]3C=CC4CC(O)C=C[C@]4(C)[C@@H]3CC[C@]2(C)C1N. The van der Waals surface area contributed by atoms with Crippen LogP contribution in [0.15, 0.2) is 24.3 Å².